The highest BCUT2D eigenvalue weighted by Gasteiger charge is 2.24. The molecule has 1 saturated carbocycles. The van der Waals surface area contributed by atoms with Crippen molar-refractivity contribution in [1.82, 2.24) is 15.1 Å². The van der Waals surface area contributed by atoms with E-state index < -0.39 is 6.10 Å². The quantitative estimate of drug-likeness (QED) is 0.849. The molecule has 0 bridgehead atoms. The van der Waals surface area contributed by atoms with E-state index in [4.69, 9.17) is 0 Å². The molecule has 5 nitrogen and oxygen atoms in total. The second-order valence-electron chi connectivity index (χ2n) is 7.05. The van der Waals surface area contributed by atoms with E-state index in [1.165, 1.54) is 12.8 Å². The number of nitrogens with zero attached hydrogens (tertiary/aromatic N) is 2. The van der Waals surface area contributed by atoms with Crippen LogP contribution in [-0.4, -0.2) is 32.9 Å². The van der Waals surface area contributed by atoms with E-state index in [0.717, 1.165) is 24.1 Å². The Morgan fingerprint density at radius 3 is 2.68 bits per heavy atom. The Kier molecular flexibility index (Phi) is 5.53. The van der Waals surface area contributed by atoms with Crippen LogP contribution >= 0.6 is 0 Å². The molecule has 1 aromatic heterocycles. The molecule has 1 aliphatic carbocycles. The van der Waals surface area contributed by atoms with Crippen molar-refractivity contribution in [2.24, 2.45) is 0 Å². The van der Waals surface area contributed by atoms with Crippen LogP contribution in [0.1, 0.15) is 60.3 Å². The van der Waals surface area contributed by atoms with E-state index in [-0.39, 0.29) is 11.9 Å². The summed E-state index contributed by atoms with van der Waals surface area (Å²) in [6.45, 7) is 3.79. The number of hydrogen-bond acceptors (Lipinski definition) is 3. The number of amides is 1. The molecule has 5 heteroatoms. The van der Waals surface area contributed by atoms with Crippen molar-refractivity contribution < 1.29 is 9.90 Å². The maximum absolute atomic E-state index is 12.6. The second kappa shape index (κ2) is 7.83. The lowest BCUT2D eigenvalue weighted by Crippen LogP contribution is -2.42. The van der Waals surface area contributed by atoms with Gasteiger partial charge in [-0.25, -0.2) is 0 Å². The van der Waals surface area contributed by atoms with Crippen LogP contribution in [0.5, 0.6) is 0 Å². The zero-order chi connectivity index (χ0) is 17.8. The molecule has 1 amide bonds. The second-order valence-corrected chi connectivity index (χ2v) is 7.05. The molecule has 0 aliphatic heterocycles. The third-order valence-corrected chi connectivity index (χ3v) is 5.18. The summed E-state index contributed by atoms with van der Waals surface area (Å²) in [7, 11) is 0. The van der Waals surface area contributed by atoms with Crippen LogP contribution in [0.25, 0.3) is 0 Å². The lowest BCUT2D eigenvalue weighted by molar-refractivity contribution is 0.0851. The number of benzene rings is 1. The molecule has 2 atom stereocenters. The Morgan fingerprint density at radius 1 is 1.32 bits per heavy atom. The third-order valence-electron chi connectivity index (χ3n) is 5.18. The Bertz CT molecular complexity index is 705. The number of aromatic nitrogens is 2. The minimum absolute atomic E-state index is 0.165. The van der Waals surface area contributed by atoms with Crippen molar-refractivity contribution in [3.63, 3.8) is 0 Å². The van der Waals surface area contributed by atoms with Gasteiger partial charge in [-0.2, -0.15) is 5.10 Å². The van der Waals surface area contributed by atoms with Crippen molar-refractivity contribution in [3.8, 4) is 0 Å². The number of carbonyl (C=O) groups is 1. The number of hydrogen-bond donors (Lipinski definition) is 2. The topological polar surface area (TPSA) is 67.2 Å². The molecule has 1 heterocycles. The first-order valence-electron chi connectivity index (χ1n) is 9.13. The summed E-state index contributed by atoms with van der Waals surface area (Å²) in [6.07, 6.45) is 6.27. The third kappa shape index (κ3) is 4.10. The Hall–Kier alpha value is -2.14. The van der Waals surface area contributed by atoms with Crippen molar-refractivity contribution in [2.75, 3.05) is 0 Å². The van der Waals surface area contributed by atoms with Gasteiger partial charge in [0, 0.05) is 12.1 Å². The molecule has 1 fully saturated rings. The van der Waals surface area contributed by atoms with Gasteiger partial charge in [0.2, 0.25) is 0 Å². The summed E-state index contributed by atoms with van der Waals surface area (Å²) in [5.41, 5.74) is 2.57. The smallest absolute Gasteiger partial charge is 0.255 e. The van der Waals surface area contributed by atoms with Crippen LogP contribution in [0.4, 0.5) is 0 Å². The van der Waals surface area contributed by atoms with Gasteiger partial charge in [0.15, 0.2) is 0 Å². The molecule has 0 spiro atoms. The number of rotatable bonds is 6. The van der Waals surface area contributed by atoms with Crippen LogP contribution in [0.3, 0.4) is 0 Å². The summed E-state index contributed by atoms with van der Waals surface area (Å²) in [6, 6.07) is 9.90. The van der Waals surface area contributed by atoms with E-state index in [9.17, 15) is 9.90 Å². The SMILES string of the molecule is Cc1c(C(=O)NC(C)C(O)Cc2ccccc2)cnn1C1CCCC1. The maximum Gasteiger partial charge on any atom is 0.255 e. The van der Waals surface area contributed by atoms with Crippen molar-refractivity contribution >= 4 is 5.91 Å². The first kappa shape index (κ1) is 17.7. The van der Waals surface area contributed by atoms with Gasteiger partial charge in [0.25, 0.3) is 5.91 Å². The summed E-state index contributed by atoms with van der Waals surface area (Å²) >= 11 is 0. The van der Waals surface area contributed by atoms with Gasteiger partial charge in [-0.1, -0.05) is 43.2 Å². The van der Waals surface area contributed by atoms with Crippen LogP contribution in [0.15, 0.2) is 36.5 Å². The number of aliphatic hydroxyl groups excluding tert-OH is 1. The fourth-order valence-electron chi connectivity index (χ4n) is 3.58. The van der Waals surface area contributed by atoms with E-state index in [2.05, 4.69) is 10.4 Å². The lowest BCUT2D eigenvalue weighted by Gasteiger charge is -2.20. The summed E-state index contributed by atoms with van der Waals surface area (Å²) in [4.78, 5) is 12.6. The van der Waals surface area contributed by atoms with Crippen molar-refractivity contribution in [3.05, 3.63) is 53.3 Å². The zero-order valence-electron chi connectivity index (χ0n) is 15.0. The van der Waals surface area contributed by atoms with E-state index in [1.807, 2.05) is 48.9 Å². The standard InChI is InChI=1S/C20H27N3O2/c1-14(19(24)12-16-8-4-3-5-9-16)22-20(25)18-13-21-23(15(18)2)17-10-6-7-11-17/h3-5,8-9,13-14,17,19,24H,6-7,10-12H2,1-2H3,(H,22,25). The van der Waals surface area contributed by atoms with Crippen LogP contribution in [-0.2, 0) is 6.42 Å². The molecule has 134 valence electrons. The molecule has 2 unspecified atom stereocenters. The van der Waals surface area contributed by atoms with Crippen molar-refractivity contribution in [1.29, 1.82) is 0 Å². The van der Waals surface area contributed by atoms with Crippen molar-refractivity contribution in [2.45, 2.75) is 64.1 Å². The molecule has 1 aromatic carbocycles. The first-order valence-corrected chi connectivity index (χ1v) is 9.13. The highest BCUT2D eigenvalue weighted by atomic mass is 16.3. The van der Waals surface area contributed by atoms with Crippen LogP contribution in [0.2, 0.25) is 0 Å². The van der Waals surface area contributed by atoms with Gasteiger partial charge in [0.1, 0.15) is 0 Å². The van der Waals surface area contributed by atoms with Crippen LogP contribution < -0.4 is 5.32 Å². The van der Waals surface area contributed by atoms with E-state index >= 15 is 0 Å². The molecule has 0 radical (unpaired) electrons. The molecule has 0 saturated heterocycles. The van der Waals surface area contributed by atoms with Gasteiger partial charge in [-0.05, 0) is 32.3 Å². The summed E-state index contributed by atoms with van der Waals surface area (Å²) in [5, 5.41) is 17.7. The van der Waals surface area contributed by atoms with E-state index in [1.54, 1.807) is 6.20 Å². The molecule has 25 heavy (non-hydrogen) atoms. The molecule has 2 N–H and O–H groups in total. The molecule has 2 aromatic rings. The summed E-state index contributed by atoms with van der Waals surface area (Å²) in [5.74, 6) is -0.165. The minimum atomic E-state index is -0.628. The normalized spacial score (nSPS) is 17.4. The number of carbonyl (C=O) groups excluding carboxylic acids is 1. The first-order chi connectivity index (χ1) is 12.1. The van der Waals surface area contributed by atoms with Gasteiger partial charge in [0.05, 0.1) is 29.9 Å². The number of nitrogens with one attached hydrogen (secondary N) is 1. The summed E-state index contributed by atoms with van der Waals surface area (Å²) < 4.78 is 1.99. The van der Waals surface area contributed by atoms with Gasteiger partial charge in [-0.3, -0.25) is 9.48 Å². The highest BCUT2D eigenvalue weighted by Crippen LogP contribution is 2.30. The molecule has 1 aliphatic rings. The Balaban J connectivity index is 1.61. The van der Waals surface area contributed by atoms with Gasteiger partial charge < -0.3 is 10.4 Å². The average Bonchev–Trinajstić information content (AvgIpc) is 3.25. The predicted octanol–water partition coefficient (Wildman–Crippen LogP) is 3.03. The van der Waals surface area contributed by atoms with Crippen LogP contribution in [0, 0.1) is 6.92 Å². The fourth-order valence-corrected chi connectivity index (χ4v) is 3.58. The Labute approximate surface area is 149 Å². The zero-order valence-corrected chi connectivity index (χ0v) is 15.0. The molecular weight excluding hydrogens is 314 g/mol. The Morgan fingerprint density at radius 2 is 2.00 bits per heavy atom. The largest absolute Gasteiger partial charge is 0.391 e. The van der Waals surface area contributed by atoms with E-state index in [0.29, 0.717) is 18.0 Å². The lowest BCUT2D eigenvalue weighted by atomic mass is 10.0. The predicted molar refractivity (Wildman–Crippen MR) is 97.6 cm³/mol. The minimum Gasteiger partial charge on any atom is -0.391 e. The van der Waals surface area contributed by atoms with Gasteiger partial charge in [-0.15, -0.1) is 0 Å². The highest BCUT2D eigenvalue weighted by molar-refractivity contribution is 5.95. The monoisotopic (exact) mass is 341 g/mol. The molecule has 3 rings (SSSR count). The fraction of sp³-hybridized carbons (Fsp3) is 0.500. The maximum atomic E-state index is 12.6. The average molecular weight is 341 g/mol. The molecular formula is C20H27N3O2. The van der Waals surface area contributed by atoms with Gasteiger partial charge >= 0.3 is 0 Å². The number of aliphatic hydroxyl groups is 1.